The zero-order valence-corrected chi connectivity index (χ0v) is 8.90. The average Bonchev–Trinajstić information content (AvgIpc) is 2.21. The minimum Gasteiger partial charge on any atom is -0.198 e. The minimum absolute atomic E-state index is 0.0520. The monoisotopic (exact) mass is 187 g/mol. The van der Waals surface area contributed by atoms with E-state index in [4.69, 9.17) is 5.26 Å². The number of rotatable bonds is 4. The lowest BCUT2D eigenvalue weighted by Gasteiger charge is -2.16. The first kappa shape index (κ1) is 10.8. The van der Waals surface area contributed by atoms with Gasteiger partial charge >= 0.3 is 0 Å². The van der Waals surface area contributed by atoms with Gasteiger partial charge in [-0.05, 0) is 17.9 Å². The molecule has 0 amide bonds. The second kappa shape index (κ2) is 5.44. The van der Waals surface area contributed by atoms with Gasteiger partial charge in [0.15, 0.2) is 0 Å². The number of hydrogen-bond donors (Lipinski definition) is 0. The Bertz CT molecular complexity index is 297. The predicted octanol–water partition coefficient (Wildman–Crippen LogP) is 3.73. The summed E-state index contributed by atoms with van der Waals surface area (Å²) in [6.45, 7) is 4.32. The van der Waals surface area contributed by atoms with Gasteiger partial charge in [0.25, 0.3) is 0 Å². The third-order valence-corrected chi connectivity index (χ3v) is 2.61. The molecule has 0 aromatic heterocycles. The molecule has 1 rings (SSSR count). The maximum Gasteiger partial charge on any atom is 0.0738 e. The summed E-state index contributed by atoms with van der Waals surface area (Å²) in [7, 11) is 0. The average molecular weight is 187 g/mol. The summed E-state index contributed by atoms with van der Waals surface area (Å²) in [5.74, 6) is 0.503. The van der Waals surface area contributed by atoms with Crippen LogP contribution < -0.4 is 0 Å². The van der Waals surface area contributed by atoms with Crippen LogP contribution in [-0.4, -0.2) is 0 Å². The zero-order chi connectivity index (χ0) is 10.4. The highest BCUT2D eigenvalue weighted by Gasteiger charge is 2.17. The van der Waals surface area contributed by atoms with Crippen molar-refractivity contribution < 1.29 is 0 Å². The number of hydrogen-bond acceptors (Lipinski definition) is 1. The third kappa shape index (κ3) is 2.60. The van der Waals surface area contributed by atoms with Crippen LogP contribution in [0, 0.1) is 17.2 Å². The van der Waals surface area contributed by atoms with Crippen molar-refractivity contribution in [2.45, 2.75) is 32.6 Å². The molecule has 1 heteroatoms. The molecule has 14 heavy (non-hydrogen) atoms. The highest BCUT2D eigenvalue weighted by Crippen LogP contribution is 2.26. The summed E-state index contributed by atoms with van der Waals surface area (Å²) in [5.41, 5.74) is 1.15. The number of benzene rings is 1. The molecule has 2 atom stereocenters. The van der Waals surface area contributed by atoms with Gasteiger partial charge in [-0.3, -0.25) is 0 Å². The smallest absolute Gasteiger partial charge is 0.0738 e. The van der Waals surface area contributed by atoms with E-state index in [2.05, 4.69) is 19.9 Å². The molecule has 0 aliphatic carbocycles. The van der Waals surface area contributed by atoms with E-state index in [1.807, 2.05) is 30.3 Å². The molecule has 0 radical (unpaired) electrons. The second-order valence-electron chi connectivity index (χ2n) is 3.78. The van der Waals surface area contributed by atoms with Crippen molar-refractivity contribution in [2.24, 2.45) is 5.92 Å². The molecule has 0 saturated heterocycles. The van der Waals surface area contributed by atoms with E-state index in [0.29, 0.717) is 5.92 Å². The molecular weight excluding hydrogens is 170 g/mol. The molecule has 74 valence electrons. The predicted molar refractivity (Wildman–Crippen MR) is 58.9 cm³/mol. The van der Waals surface area contributed by atoms with E-state index in [9.17, 15) is 0 Å². The first-order chi connectivity index (χ1) is 6.79. The van der Waals surface area contributed by atoms with Crippen LogP contribution in [0.2, 0.25) is 0 Å². The molecule has 0 saturated carbocycles. The van der Waals surface area contributed by atoms with Crippen molar-refractivity contribution in [3.8, 4) is 6.07 Å². The fourth-order valence-corrected chi connectivity index (χ4v) is 1.81. The highest BCUT2D eigenvalue weighted by molar-refractivity contribution is 5.25. The molecule has 1 aromatic rings. The van der Waals surface area contributed by atoms with Gasteiger partial charge in [-0.15, -0.1) is 0 Å². The van der Waals surface area contributed by atoms with Gasteiger partial charge in [-0.1, -0.05) is 50.6 Å². The Balaban J connectivity index is 2.78. The van der Waals surface area contributed by atoms with Gasteiger partial charge in [0, 0.05) is 0 Å². The van der Waals surface area contributed by atoms with Crippen molar-refractivity contribution in [3.63, 3.8) is 0 Å². The van der Waals surface area contributed by atoms with E-state index in [0.717, 1.165) is 18.4 Å². The van der Waals surface area contributed by atoms with Gasteiger partial charge in [0.1, 0.15) is 0 Å². The van der Waals surface area contributed by atoms with Crippen LogP contribution in [0.5, 0.6) is 0 Å². The Hall–Kier alpha value is -1.29. The van der Waals surface area contributed by atoms with Crippen LogP contribution in [0.25, 0.3) is 0 Å². The van der Waals surface area contributed by atoms with E-state index in [1.165, 1.54) is 0 Å². The number of nitriles is 1. The SMILES string of the molecule is CCC[C@H](C)[C@H](C#N)c1ccccc1. The van der Waals surface area contributed by atoms with Gasteiger partial charge in [0.2, 0.25) is 0 Å². The quantitative estimate of drug-likeness (QED) is 0.704. The van der Waals surface area contributed by atoms with Gasteiger partial charge in [-0.2, -0.15) is 5.26 Å². The summed E-state index contributed by atoms with van der Waals surface area (Å²) in [6.07, 6.45) is 2.26. The third-order valence-electron chi connectivity index (χ3n) is 2.61. The van der Waals surface area contributed by atoms with Crippen LogP contribution in [-0.2, 0) is 0 Å². The van der Waals surface area contributed by atoms with Crippen LogP contribution >= 0.6 is 0 Å². The molecule has 0 unspecified atom stereocenters. The van der Waals surface area contributed by atoms with Gasteiger partial charge < -0.3 is 0 Å². The largest absolute Gasteiger partial charge is 0.198 e. The maximum absolute atomic E-state index is 9.13. The second-order valence-corrected chi connectivity index (χ2v) is 3.78. The van der Waals surface area contributed by atoms with E-state index >= 15 is 0 Å². The first-order valence-electron chi connectivity index (χ1n) is 5.24. The molecule has 0 aliphatic heterocycles. The summed E-state index contributed by atoms with van der Waals surface area (Å²) in [4.78, 5) is 0. The van der Waals surface area contributed by atoms with E-state index < -0.39 is 0 Å². The number of nitrogens with zero attached hydrogens (tertiary/aromatic N) is 1. The summed E-state index contributed by atoms with van der Waals surface area (Å²) in [5, 5.41) is 9.13. The van der Waals surface area contributed by atoms with Crippen LogP contribution in [0.1, 0.15) is 38.2 Å². The van der Waals surface area contributed by atoms with Crippen LogP contribution in [0.3, 0.4) is 0 Å². The Morgan fingerprint density at radius 2 is 1.93 bits per heavy atom. The maximum atomic E-state index is 9.13. The van der Waals surface area contributed by atoms with Crippen molar-refractivity contribution in [2.75, 3.05) is 0 Å². The topological polar surface area (TPSA) is 23.8 Å². The zero-order valence-electron chi connectivity index (χ0n) is 8.90. The van der Waals surface area contributed by atoms with Crippen molar-refractivity contribution >= 4 is 0 Å². The molecule has 0 spiro atoms. The van der Waals surface area contributed by atoms with Crippen LogP contribution in [0.4, 0.5) is 0 Å². The van der Waals surface area contributed by atoms with Gasteiger partial charge in [0.05, 0.1) is 12.0 Å². The fourth-order valence-electron chi connectivity index (χ4n) is 1.81. The standard InChI is InChI=1S/C13H17N/c1-3-7-11(2)13(10-14)12-8-5-4-6-9-12/h4-6,8-9,11,13H,3,7H2,1-2H3/t11-,13-/m0/s1. The van der Waals surface area contributed by atoms with Crippen molar-refractivity contribution in [1.29, 1.82) is 5.26 Å². The van der Waals surface area contributed by atoms with E-state index in [1.54, 1.807) is 0 Å². The Morgan fingerprint density at radius 3 is 2.43 bits per heavy atom. The Kier molecular flexibility index (Phi) is 4.19. The molecule has 0 bridgehead atoms. The first-order valence-corrected chi connectivity index (χ1v) is 5.24. The lowest BCUT2D eigenvalue weighted by molar-refractivity contribution is 0.484. The normalized spacial score (nSPS) is 14.4. The molecule has 1 nitrogen and oxygen atoms in total. The lowest BCUT2D eigenvalue weighted by atomic mass is 9.86. The van der Waals surface area contributed by atoms with E-state index in [-0.39, 0.29) is 5.92 Å². The van der Waals surface area contributed by atoms with Gasteiger partial charge in [-0.25, -0.2) is 0 Å². The Morgan fingerprint density at radius 1 is 1.29 bits per heavy atom. The van der Waals surface area contributed by atoms with Crippen LogP contribution in [0.15, 0.2) is 30.3 Å². The molecule has 0 N–H and O–H groups in total. The lowest BCUT2D eigenvalue weighted by Crippen LogP contribution is -2.07. The summed E-state index contributed by atoms with van der Waals surface area (Å²) in [6, 6.07) is 12.5. The molecule has 1 aromatic carbocycles. The van der Waals surface area contributed by atoms with Crippen molar-refractivity contribution in [1.82, 2.24) is 0 Å². The van der Waals surface area contributed by atoms with Crippen molar-refractivity contribution in [3.05, 3.63) is 35.9 Å². The fraction of sp³-hybridized carbons (Fsp3) is 0.462. The molecule has 0 aliphatic rings. The summed E-state index contributed by atoms with van der Waals surface area (Å²) >= 11 is 0. The highest BCUT2D eigenvalue weighted by atomic mass is 14.3. The molecule has 0 heterocycles. The molecular formula is C13H17N. The molecule has 0 fully saturated rings. The summed E-state index contributed by atoms with van der Waals surface area (Å²) < 4.78 is 0. The Labute approximate surface area is 86.4 Å². The minimum atomic E-state index is 0.0520.